The summed E-state index contributed by atoms with van der Waals surface area (Å²) in [7, 11) is 0. The highest BCUT2D eigenvalue weighted by Crippen LogP contribution is 2.02. The molecule has 0 aromatic carbocycles. The van der Waals surface area contributed by atoms with Crippen molar-refractivity contribution in [3.05, 3.63) is 17.7 Å². The van der Waals surface area contributed by atoms with Crippen molar-refractivity contribution in [3.8, 4) is 0 Å². The lowest BCUT2D eigenvalue weighted by Gasteiger charge is -1.95. The third-order valence-corrected chi connectivity index (χ3v) is 1.26. The van der Waals surface area contributed by atoms with Gasteiger partial charge in [0.05, 0.1) is 6.33 Å². The summed E-state index contributed by atoms with van der Waals surface area (Å²) >= 11 is 0. The molecule has 0 unspecified atom stereocenters. The average molecular weight is 168 g/mol. The largest absolute Gasteiger partial charge is 0.388 e. The number of H-pyrrole nitrogens is 1. The molecule has 5 heteroatoms. The molecule has 0 atom stereocenters. The number of esters is 2. The van der Waals surface area contributed by atoms with Gasteiger partial charge in [0.15, 0.2) is 5.69 Å². The number of aromatic amines is 1. The van der Waals surface area contributed by atoms with Crippen LogP contribution in [0.3, 0.4) is 0 Å². The van der Waals surface area contributed by atoms with Crippen molar-refractivity contribution < 1.29 is 14.3 Å². The Balaban J connectivity index is 2.78. The molecule has 0 amide bonds. The van der Waals surface area contributed by atoms with Gasteiger partial charge in [-0.3, -0.25) is 4.79 Å². The molecule has 64 valence electrons. The Labute approximate surface area is 68.8 Å². The monoisotopic (exact) mass is 168 g/mol. The second kappa shape index (κ2) is 3.17. The maximum absolute atomic E-state index is 11.0. The van der Waals surface area contributed by atoms with E-state index in [0.717, 1.165) is 0 Å². The fourth-order valence-electron chi connectivity index (χ4n) is 0.744. The van der Waals surface area contributed by atoms with Crippen LogP contribution in [0.2, 0.25) is 0 Å². The Hall–Kier alpha value is -1.65. The summed E-state index contributed by atoms with van der Waals surface area (Å²) in [5.41, 5.74) is 0.728. The van der Waals surface area contributed by atoms with Gasteiger partial charge in [-0.1, -0.05) is 0 Å². The number of hydrogen-bond donors (Lipinski definition) is 1. The van der Waals surface area contributed by atoms with E-state index in [4.69, 9.17) is 0 Å². The van der Waals surface area contributed by atoms with Crippen LogP contribution in [0.4, 0.5) is 0 Å². The first-order chi connectivity index (χ1) is 5.61. The molecule has 0 aliphatic carbocycles. The van der Waals surface area contributed by atoms with Crippen LogP contribution in [0.25, 0.3) is 0 Å². The van der Waals surface area contributed by atoms with E-state index < -0.39 is 11.9 Å². The highest BCUT2D eigenvalue weighted by Gasteiger charge is 2.14. The number of aromatic nitrogens is 2. The second-order valence-corrected chi connectivity index (χ2v) is 2.26. The fraction of sp³-hybridized carbons (Fsp3) is 0.286. The number of ether oxygens (including phenoxy) is 1. The fourth-order valence-corrected chi connectivity index (χ4v) is 0.744. The number of imidazole rings is 1. The summed E-state index contributed by atoms with van der Waals surface area (Å²) in [6, 6.07) is 0. The zero-order valence-electron chi connectivity index (χ0n) is 6.75. The topological polar surface area (TPSA) is 72.1 Å². The third kappa shape index (κ3) is 1.69. The van der Waals surface area contributed by atoms with Gasteiger partial charge in [0.2, 0.25) is 0 Å². The maximum Gasteiger partial charge on any atom is 0.366 e. The summed E-state index contributed by atoms with van der Waals surface area (Å²) in [5.74, 6) is -1.36. The molecule has 5 nitrogen and oxygen atoms in total. The summed E-state index contributed by atoms with van der Waals surface area (Å²) in [6.07, 6.45) is 1.37. The van der Waals surface area contributed by atoms with Crippen molar-refractivity contribution >= 4 is 11.9 Å². The van der Waals surface area contributed by atoms with E-state index in [1.165, 1.54) is 13.3 Å². The van der Waals surface area contributed by atoms with E-state index in [1.807, 2.05) is 0 Å². The molecule has 1 aromatic heterocycles. The number of carbonyl (C=O) groups excluding carboxylic acids is 2. The maximum atomic E-state index is 11.0. The zero-order valence-corrected chi connectivity index (χ0v) is 6.75. The van der Waals surface area contributed by atoms with Crippen LogP contribution in [0.15, 0.2) is 6.33 Å². The highest BCUT2D eigenvalue weighted by molar-refractivity contribution is 5.95. The standard InChI is InChI=1S/C7H8N2O3/c1-4-6(9-3-8-4)7(11)12-5(2)10/h3H,1-2H3,(H,8,9). The van der Waals surface area contributed by atoms with Crippen LogP contribution >= 0.6 is 0 Å². The van der Waals surface area contributed by atoms with Gasteiger partial charge >= 0.3 is 11.9 Å². The van der Waals surface area contributed by atoms with Gasteiger partial charge < -0.3 is 9.72 Å². The molecule has 1 heterocycles. The van der Waals surface area contributed by atoms with Crippen LogP contribution < -0.4 is 0 Å². The number of nitrogens with one attached hydrogen (secondary N) is 1. The lowest BCUT2D eigenvalue weighted by Crippen LogP contribution is -2.10. The second-order valence-electron chi connectivity index (χ2n) is 2.26. The molecule has 0 aliphatic heterocycles. The van der Waals surface area contributed by atoms with E-state index in [9.17, 15) is 9.59 Å². The molecule has 0 radical (unpaired) electrons. The van der Waals surface area contributed by atoms with E-state index in [1.54, 1.807) is 6.92 Å². The predicted molar refractivity (Wildman–Crippen MR) is 39.4 cm³/mol. The zero-order chi connectivity index (χ0) is 9.14. The quantitative estimate of drug-likeness (QED) is 0.487. The first-order valence-corrected chi connectivity index (χ1v) is 3.34. The molecule has 0 fully saturated rings. The molecule has 0 aliphatic rings. The predicted octanol–water partition coefficient (Wildman–Crippen LogP) is 0.421. The minimum atomic E-state index is -0.721. The average Bonchev–Trinajstić information content (AvgIpc) is 2.33. The number of nitrogens with zero attached hydrogens (tertiary/aromatic N) is 1. The van der Waals surface area contributed by atoms with E-state index in [0.29, 0.717) is 5.69 Å². The molecule has 12 heavy (non-hydrogen) atoms. The Morgan fingerprint density at radius 3 is 2.67 bits per heavy atom. The van der Waals surface area contributed by atoms with Crippen LogP contribution in [-0.2, 0) is 9.53 Å². The van der Waals surface area contributed by atoms with Crippen molar-refractivity contribution in [1.29, 1.82) is 0 Å². The van der Waals surface area contributed by atoms with Gasteiger partial charge in [-0.15, -0.1) is 0 Å². The van der Waals surface area contributed by atoms with Crippen molar-refractivity contribution in [3.63, 3.8) is 0 Å². The lowest BCUT2D eigenvalue weighted by atomic mass is 10.3. The molecular formula is C7H8N2O3. The van der Waals surface area contributed by atoms with Gasteiger partial charge in [-0.25, -0.2) is 9.78 Å². The summed E-state index contributed by atoms with van der Waals surface area (Å²) < 4.78 is 4.32. The number of hydrogen-bond acceptors (Lipinski definition) is 4. The number of aryl methyl sites for hydroxylation is 1. The van der Waals surface area contributed by atoms with Crippen LogP contribution in [0.1, 0.15) is 23.1 Å². The van der Waals surface area contributed by atoms with Gasteiger partial charge in [0, 0.05) is 12.6 Å². The Morgan fingerprint density at radius 2 is 2.25 bits per heavy atom. The van der Waals surface area contributed by atoms with Gasteiger partial charge in [-0.2, -0.15) is 0 Å². The summed E-state index contributed by atoms with van der Waals surface area (Å²) in [4.78, 5) is 27.8. The van der Waals surface area contributed by atoms with Crippen molar-refractivity contribution in [2.45, 2.75) is 13.8 Å². The van der Waals surface area contributed by atoms with Crippen molar-refractivity contribution in [1.82, 2.24) is 9.97 Å². The normalized spacial score (nSPS) is 9.50. The van der Waals surface area contributed by atoms with Crippen molar-refractivity contribution in [2.75, 3.05) is 0 Å². The minimum absolute atomic E-state index is 0.144. The van der Waals surface area contributed by atoms with Crippen molar-refractivity contribution in [2.24, 2.45) is 0 Å². The molecule has 0 spiro atoms. The van der Waals surface area contributed by atoms with Gasteiger partial charge in [0.1, 0.15) is 0 Å². The summed E-state index contributed by atoms with van der Waals surface area (Å²) in [5, 5.41) is 0. The van der Waals surface area contributed by atoms with Crippen LogP contribution in [0, 0.1) is 6.92 Å². The van der Waals surface area contributed by atoms with Crippen LogP contribution in [-0.4, -0.2) is 21.9 Å². The van der Waals surface area contributed by atoms with Crippen LogP contribution in [0.5, 0.6) is 0 Å². The Morgan fingerprint density at radius 1 is 1.58 bits per heavy atom. The van der Waals surface area contributed by atoms with Gasteiger partial charge in [-0.05, 0) is 6.92 Å². The van der Waals surface area contributed by atoms with E-state index in [-0.39, 0.29) is 5.69 Å². The minimum Gasteiger partial charge on any atom is -0.388 e. The van der Waals surface area contributed by atoms with E-state index in [2.05, 4.69) is 14.7 Å². The Bertz CT molecular complexity index is 316. The molecule has 0 saturated carbocycles. The smallest absolute Gasteiger partial charge is 0.366 e. The first kappa shape index (κ1) is 8.45. The molecular weight excluding hydrogens is 160 g/mol. The molecule has 0 bridgehead atoms. The van der Waals surface area contributed by atoms with E-state index >= 15 is 0 Å². The molecule has 1 rings (SSSR count). The summed E-state index contributed by atoms with van der Waals surface area (Å²) in [6.45, 7) is 2.84. The number of carbonyl (C=O) groups is 2. The first-order valence-electron chi connectivity index (χ1n) is 3.34. The van der Waals surface area contributed by atoms with Gasteiger partial charge in [0.25, 0.3) is 0 Å². The molecule has 1 aromatic rings. The third-order valence-electron chi connectivity index (χ3n) is 1.26. The molecule has 0 saturated heterocycles. The highest BCUT2D eigenvalue weighted by atomic mass is 16.6. The molecule has 1 N–H and O–H groups in total. The lowest BCUT2D eigenvalue weighted by molar-refractivity contribution is -0.135. The Kier molecular flexibility index (Phi) is 2.23. The number of rotatable bonds is 1. The SMILES string of the molecule is CC(=O)OC(=O)c1nc[nH]c1C.